The highest BCUT2D eigenvalue weighted by molar-refractivity contribution is 7.14. The van der Waals surface area contributed by atoms with Crippen LogP contribution in [-0.2, 0) is 6.54 Å². The minimum Gasteiger partial charge on any atom is -1.00 e. The number of aromatic nitrogens is 2. The zero-order valence-electron chi connectivity index (χ0n) is 12.8. The van der Waals surface area contributed by atoms with Crippen LogP contribution < -0.4 is 17.0 Å². The molecule has 0 unspecified atom stereocenters. The number of benzene rings is 2. The average Bonchev–Trinajstić information content (AvgIpc) is 3.08. The zero-order valence-corrected chi connectivity index (χ0v) is 14.4. The molecule has 122 valence electrons. The normalized spacial score (nSPS) is 10.9. The molecule has 0 saturated carbocycles. The molecule has 0 N–H and O–H groups in total. The minimum absolute atomic E-state index is 0. The number of halogens is 1. The van der Waals surface area contributed by atoms with Crippen LogP contribution in [0.15, 0.2) is 53.9 Å². The maximum Gasteiger partial charge on any atom is 0.347 e. The van der Waals surface area contributed by atoms with Crippen molar-refractivity contribution in [3.8, 4) is 0 Å². The molecule has 0 fully saturated rings. The largest absolute Gasteiger partial charge is 1.00 e. The Kier molecular flexibility index (Phi) is 4.26. The van der Waals surface area contributed by atoms with Gasteiger partial charge in [-0.3, -0.25) is 10.1 Å². The maximum absolute atomic E-state index is 10.8. The molecule has 2 heterocycles. The maximum atomic E-state index is 10.8. The molecule has 7 heteroatoms. The van der Waals surface area contributed by atoms with Crippen LogP contribution >= 0.6 is 11.3 Å². The Bertz CT molecular complexity index is 1040. The zero-order chi connectivity index (χ0) is 16.0. The van der Waals surface area contributed by atoms with Crippen molar-refractivity contribution in [1.29, 1.82) is 0 Å². The molecule has 0 saturated heterocycles. The fourth-order valence-corrected chi connectivity index (χ4v) is 3.93. The lowest BCUT2D eigenvalue weighted by molar-refractivity contribution is -0.634. The topological polar surface area (TPSA) is 51.4 Å². The van der Waals surface area contributed by atoms with E-state index in [4.69, 9.17) is 0 Å². The molecule has 4 aromatic rings. The number of imidazole rings is 1. The summed E-state index contributed by atoms with van der Waals surface area (Å²) in [6.07, 6.45) is 0. The molecule has 2 aromatic heterocycles. The molecule has 0 atom stereocenters. The van der Waals surface area contributed by atoms with Crippen LogP contribution in [0, 0.1) is 17.0 Å². The summed E-state index contributed by atoms with van der Waals surface area (Å²) in [5.74, 6) is 0. The summed E-state index contributed by atoms with van der Waals surface area (Å²) in [4.78, 5) is 11.6. The molecule has 0 radical (unpaired) electrons. The van der Waals surface area contributed by atoms with Gasteiger partial charge in [0.15, 0.2) is 11.0 Å². The van der Waals surface area contributed by atoms with Crippen LogP contribution in [0.1, 0.15) is 11.3 Å². The number of nitro groups is 1. The summed E-state index contributed by atoms with van der Waals surface area (Å²) in [6, 6.07) is 15.1. The molecule has 2 aromatic carbocycles. The lowest BCUT2D eigenvalue weighted by atomic mass is 10.2. The van der Waals surface area contributed by atoms with Crippen LogP contribution in [0.4, 0.5) is 5.69 Å². The highest BCUT2D eigenvalue weighted by Crippen LogP contribution is 2.22. The van der Waals surface area contributed by atoms with Gasteiger partial charge in [-0.25, -0.2) is 4.57 Å². The third-order valence-electron chi connectivity index (χ3n) is 4.01. The van der Waals surface area contributed by atoms with Crippen LogP contribution in [0.2, 0.25) is 0 Å². The fourth-order valence-electron chi connectivity index (χ4n) is 2.91. The monoisotopic (exact) mass is 359 g/mol. The van der Waals surface area contributed by atoms with Gasteiger partial charge in [-0.1, -0.05) is 23.5 Å². The number of non-ortho nitro benzene ring substituents is 1. The number of nitro benzene ring substituents is 1. The summed E-state index contributed by atoms with van der Waals surface area (Å²) in [7, 11) is 0. The smallest absolute Gasteiger partial charge is 0.347 e. The van der Waals surface area contributed by atoms with Gasteiger partial charge in [-0.2, -0.15) is 4.40 Å². The number of para-hydroxylation sites is 2. The molecule has 0 spiro atoms. The predicted molar refractivity (Wildman–Crippen MR) is 89.9 cm³/mol. The molecule has 24 heavy (non-hydrogen) atoms. The molecule has 4 rings (SSSR count). The Hall–Kier alpha value is -2.44. The standard InChI is InChI=1S/C17H14N3O2S.ClH/c1-12-11-23-17-18(15-4-2-3-5-16(15)19(12)17)10-13-6-8-14(9-7-13)20(21)22;/h2-9,11H,10H2,1H3;1H/q+1;/p-1. The van der Waals surface area contributed by atoms with Crippen molar-refractivity contribution in [2.75, 3.05) is 0 Å². The van der Waals surface area contributed by atoms with Crippen molar-refractivity contribution in [3.05, 3.63) is 75.3 Å². The van der Waals surface area contributed by atoms with Gasteiger partial charge in [0.05, 0.1) is 4.92 Å². The summed E-state index contributed by atoms with van der Waals surface area (Å²) in [5.41, 5.74) is 4.73. The highest BCUT2D eigenvalue weighted by Gasteiger charge is 2.22. The number of hydrogen-bond acceptors (Lipinski definition) is 3. The second-order valence-electron chi connectivity index (χ2n) is 5.49. The van der Waals surface area contributed by atoms with E-state index in [1.165, 1.54) is 21.7 Å². The Labute approximate surface area is 148 Å². The molecule has 0 aliphatic heterocycles. The Morgan fingerprint density at radius 2 is 1.88 bits per heavy atom. The second-order valence-corrected chi connectivity index (χ2v) is 6.33. The van der Waals surface area contributed by atoms with Crippen LogP contribution in [-0.4, -0.2) is 9.32 Å². The van der Waals surface area contributed by atoms with E-state index in [0.717, 1.165) is 5.56 Å². The first-order valence-electron chi connectivity index (χ1n) is 7.25. The number of thiazole rings is 1. The van der Waals surface area contributed by atoms with E-state index in [0.29, 0.717) is 6.54 Å². The molecule has 0 amide bonds. The van der Waals surface area contributed by atoms with Crippen molar-refractivity contribution in [3.63, 3.8) is 0 Å². The van der Waals surface area contributed by atoms with Gasteiger partial charge >= 0.3 is 4.96 Å². The van der Waals surface area contributed by atoms with Gasteiger partial charge in [0.2, 0.25) is 0 Å². The third kappa shape index (κ3) is 2.53. The van der Waals surface area contributed by atoms with Crippen molar-refractivity contribution in [2.24, 2.45) is 0 Å². The number of nitrogens with zero attached hydrogens (tertiary/aromatic N) is 3. The molecule has 0 aliphatic rings. The summed E-state index contributed by atoms with van der Waals surface area (Å²) >= 11 is 1.71. The van der Waals surface area contributed by atoms with E-state index >= 15 is 0 Å². The van der Waals surface area contributed by atoms with E-state index in [9.17, 15) is 10.1 Å². The van der Waals surface area contributed by atoms with E-state index in [1.54, 1.807) is 23.5 Å². The lowest BCUT2D eigenvalue weighted by Gasteiger charge is -1.99. The number of hydrogen-bond donors (Lipinski definition) is 0. The van der Waals surface area contributed by atoms with Gasteiger partial charge in [-0.05, 0) is 36.8 Å². The SMILES string of the molecule is Cc1csc2n1c1ccccc1[n+]2Cc1ccc([N+](=O)[O-])cc1.[Cl-]. The van der Waals surface area contributed by atoms with E-state index in [1.807, 2.05) is 24.3 Å². The third-order valence-corrected chi connectivity index (χ3v) is 5.08. The van der Waals surface area contributed by atoms with Gasteiger partial charge < -0.3 is 12.4 Å². The van der Waals surface area contributed by atoms with Gasteiger partial charge in [0.1, 0.15) is 12.2 Å². The molecular formula is C17H14ClN3O2S. The molecule has 5 nitrogen and oxygen atoms in total. The van der Waals surface area contributed by atoms with Gasteiger partial charge in [0, 0.05) is 17.5 Å². The minimum atomic E-state index is -0.370. The Morgan fingerprint density at radius 3 is 2.58 bits per heavy atom. The number of fused-ring (bicyclic) bond motifs is 3. The lowest BCUT2D eigenvalue weighted by Crippen LogP contribution is -3.00. The van der Waals surface area contributed by atoms with E-state index < -0.39 is 0 Å². The highest BCUT2D eigenvalue weighted by atomic mass is 35.5. The summed E-state index contributed by atoms with van der Waals surface area (Å²) < 4.78 is 4.51. The van der Waals surface area contributed by atoms with Crippen LogP contribution in [0.3, 0.4) is 0 Å². The first-order chi connectivity index (χ1) is 11.1. The first kappa shape index (κ1) is 16.4. The molecular weight excluding hydrogens is 346 g/mol. The van der Waals surface area contributed by atoms with Gasteiger partial charge in [-0.15, -0.1) is 0 Å². The Balaban J connectivity index is 0.00000169. The van der Waals surface area contributed by atoms with Crippen molar-refractivity contribution < 1.29 is 21.9 Å². The number of rotatable bonds is 3. The quantitative estimate of drug-likeness (QED) is 0.307. The summed E-state index contributed by atoms with van der Waals surface area (Å²) in [6.45, 7) is 2.79. The Morgan fingerprint density at radius 1 is 1.17 bits per heavy atom. The van der Waals surface area contributed by atoms with Crippen molar-refractivity contribution in [2.45, 2.75) is 13.5 Å². The predicted octanol–water partition coefficient (Wildman–Crippen LogP) is 0.710. The van der Waals surface area contributed by atoms with Crippen molar-refractivity contribution in [1.82, 2.24) is 4.40 Å². The van der Waals surface area contributed by atoms with Crippen LogP contribution in [0.25, 0.3) is 16.0 Å². The fraction of sp³-hybridized carbons (Fsp3) is 0.118. The van der Waals surface area contributed by atoms with Gasteiger partial charge in [0.25, 0.3) is 5.69 Å². The average molecular weight is 360 g/mol. The summed E-state index contributed by atoms with van der Waals surface area (Å²) in [5, 5.41) is 12.9. The van der Waals surface area contributed by atoms with Crippen molar-refractivity contribution >= 4 is 33.0 Å². The molecule has 0 aliphatic carbocycles. The second kappa shape index (κ2) is 6.22. The van der Waals surface area contributed by atoms with Crippen LogP contribution in [0.5, 0.6) is 0 Å². The molecule has 0 bridgehead atoms. The first-order valence-corrected chi connectivity index (χ1v) is 8.13. The van der Waals surface area contributed by atoms with E-state index in [-0.39, 0.29) is 23.0 Å². The number of aryl methyl sites for hydroxylation is 1. The van der Waals surface area contributed by atoms with E-state index in [2.05, 4.69) is 33.4 Å².